The molecule has 1 heterocycles. The van der Waals surface area contributed by atoms with Gasteiger partial charge in [0.15, 0.2) is 9.84 Å². The van der Waals surface area contributed by atoms with Crippen molar-refractivity contribution in [2.24, 2.45) is 0 Å². The number of hydrogen-bond acceptors (Lipinski definition) is 7. The van der Waals surface area contributed by atoms with Crippen LogP contribution in [0.1, 0.15) is 22.3 Å². The molecule has 0 aromatic heterocycles. The fourth-order valence-electron chi connectivity index (χ4n) is 3.10. The van der Waals surface area contributed by atoms with Gasteiger partial charge in [-0.1, -0.05) is 11.8 Å². The molecule has 4 N–H and O–H groups in total. The van der Waals surface area contributed by atoms with Crippen molar-refractivity contribution in [1.29, 1.82) is 0 Å². The van der Waals surface area contributed by atoms with Crippen molar-refractivity contribution in [1.82, 2.24) is 15.7 Å². The van der Waals surface area contributed by atoms with Gasteiger partial charge in [0.2, 0.25) is 0 Å². The van der Waals surface area contributed by atoms with Crippen LogP contribution in [0.15, 0.2) is 24.3 Å². The van der Waals surface area contributed by atoms with E-state index in [2.05, 4.69) is 29.0 Å². The Morgan fingerprint density at radius 3 is 2.33 bits per heavy atom. The molecule has 30 heavy (non-hydrogen) atoms. The second-order valence-corrected chi connectivity index (χ2v) is 9.08. The number of aliphatic hydroxyl groups is 1. The number of carbonyl (C=O) groups excluding carboxylic acids is 2. The maximum absolute atomic E-state index is 12.7. The lowest BCUT2D eigenvalue weighted by Gasteiger charge is -2.50. The molecule has 2 amide bonds. The Morgan fingerprint density at radius 2 is 1.83 bits per heavy atom. The number of nitrogens with one attached hydrogen (secondary N) is 2. The molecule has 2 rings (SSSR count). The van der Waals surface area contributed by atoms with Gasteiger partial charge in [-0.2, -0.15) is 0 Å². The Hall–Kier alpha value is -2.89. The van der Waals surface area contributed by atoms with Gasteiger partial charge in [0.05, 0.1) is 23.7 Å². The molecule has 160 valence electrons. The first-order valence-electron chi connectivity index (χ1n) is 8.97. The first-order valence-corrected chi connectivity index (χ1v) is 10.8. The summed E-state index contributed by atoms with van der Waals surface area (Å²) in [6.45, 7) is -0.0329. The molecule has 0 radical (unpaired) electrons. The van der Waals surface area contributed by atoms with Crippen LogP contribution in [0.5, 0.6) is 0 Å². The summed E-state index contributed by atoms with van der Waals surface area (Å²) in [4.78, 5) is 26.5. The van der Waals surface area contributed by atoms with E-state index >= 15 is 0 Å². The Labute approximate surface area is 175 Å². The average Bonchev–Trinajstić information content (AvgIpc) is 2.69. The summed E-state index contributed by atoms with van der Waals surface area (Å²) in [5, 5.41) is 20.3. The highest BCUT2D eigenvalue weighted by Gasteiger charge is 2.58. The highest BCUT2D eigenvalue weighted by atomic mass is 32.2. The van der Waals surface area contributed by atoms with Crippen molar-refractivity contribution < 1.29 is 28.3 Å². The third-order valence-electron chi connectivity index (χ3n) is 4.76. The minimum absolute atomic E-state index is 0.0329. The first kappa shape index (κ1) is 23.4. The predicted octanol–water partition coefficient (Wildman–Crippen LogP) is -1.24. The number of benzene rings is 1. The van der Waals surface area contributed by atoms with Gasteiger partial charge in [-0.3, -0.25) is 19.7 Å². The fraction of sp³-hybridized carbons (Fsp3) is 0.400. The average molecular weight is 433 g/mol. The zero-order chi connectivity index (χ0) is 22.4. The van der Waals surface area contributed by atoms with E-state index in [1.165, 1.54) is 17.6 Å². The number of aliphatic hydroxyl groups excluding tert-OH is 1. The number of nitrogens with zero attached hydrogens (tertiary/aromatic N) is 1. The number of amides is 2. The van der Waals surface area contributed by atoms with Crippen LogP contribution >= 0.6 is 0 Å². The zero-order valence-electron chi connectivity index (χ0n) is 16.6. The Balaban J connectivity index is 2.19. The van der Waals surface area contributed by atoms with Crippen LogP contribution in [0.2, 0.25) is 0 Å². The minimum Gasteiger partial charge on any atom is -0.395 e. The Morgan fingerprint density at radius 1 is 1.20 bits per heavy atom. The van der Waals surface area contributed by atoms with Gasteiger partial charge in [0.1, 0.15) is 6.04 Å². The molecular weight excluding hydrogens is 410 g/mol. The molecule has 1 aromatic carbocycles. The molecule has 1 aromatic rings. The van der Waals surface area contributed by atoms with E-state index in [9.17, 15) is 18.0 Å². The maximum atomic E-state index is 12.7. The van der Waals surface area contributed by atoms with Crippen LogP contribution in [-0.2, 0) is 14.6 Å². The summed E-state index contributed by atoms with van der Waals surface area (Å²) in [7, 11) is -0.123. The molecule has 0 spiro atoms. The number of rotatable bonds is 6. The molecule has 1 atom stereocenters. The van der Waals surface area contributed by atoms with Crippen LogP contribution in [0.4, 0.5) is 0 Å². The molecule has 0 saturated carbocycles. The molecule has 1 unspecified atom stereocenters. The van der Waals surface area contributed by atoms with Gasteiger partial charge < -0.3 is 10.4 Å². The summed E-state index contributed by atoms with van der Waals surface area (Å²) in [6.07, 6.45) is 0.339. The number of sulfone groups is 1. The number of hydroxylamine groups is 1. The van der Waals surface area contributed by atoms with E-state index in [4.69, 9.17) is 10.3 Å². The van der Waals surface area contributed by atoms with Gasteiger partial charge in [-0.15, -0.1) is 0 Å². The van der Waals surface area contributed by atoms with Gasteiger partial charge >= 0.3 is 0 Å². The predicted molar refractivity (Wildman–Crippen MR) is 109 cm³/mol. The lowest BCUT2D eigenvalue weighted by atomic mass is 9.90. The number of carbonyl (C=O) groups is 2. The highest BCUT2D eigenvalue weighted by Crippen LogP contribution is 2.32. The van der Waals surface area contributed by atoms with Crippen LogP contribution in [0, 0.1) is 23.7 Å². The van der Waals surface area contributed by atoms with Crippen LogP contribution in [-0.4, -0.2) is 79.2 Å². The monoisotopic (exact) mass is 433 g/mol. The summed E-state index contributed by atoms with van der Waals surface area (Å²) < 4.78 is 23.6. The minimum atomic E-state index is -3.34. The molecule has 10 heteroatoms. The molecule has 1 fully saturated rings. The van der Waals surface area contributed by atoms with E-state index in [-0.39, 0.29) is 23.7 Å². The summed E-state index contributed by atoms with van der Waals surface area (Å²) in [5.41, 5.74) is 1.19. The standard InChI is InChI=1S/C20H23N3O6S/c1-23(2)20(13-30(28,29)14-20)17(19(26)22-27)21-18(25)16-10-8-15(9-11-16)7-5-3-4-6-12-24/h8-11,17,24,27H,6,12-14H2,1-2H3,(H,21,25)(H,22,26). The van der Waals surface area contributed by atoms with E-state index < -0.39 is 33.2 Å². The van der Waals surface area contributed by atoms with Crippen molar-refractivity contribution in [3.63, 3.8) is 0 Å². The second-order valence-electron chi connectivity index (χ2n) is 7.02. The number of hydrogen-bond donors (Lipinski definition) is 4. The van der Waals surface area contributed by atoms with Crippen LogP contribution in [0.3, 0.4) is 0 Å². The summed E-state index contributed by atoms with van der Waals surface area (Å²) in [5.74, 6) is 8.54. The van der Waals surface area contributed by atoms with E-state index in [1.807, 2.05) is 0 Å². The van der Waals surface area contributed by atoms with Crippen molar-refractivity contribution in [3.8, 4) is 23.7 Å². The molecule has 0 aliphatic carbocycles. The topological polar surface area (TPSA) is 136 Å². The van der Waals surface area contributed by atoms with Gasteiger partial charge in [-0.05, 0) is 50.2 Å². The van der Waals surface area contributed by atoms with Crippen molar-refractivity contribution in [2.75, 3.05) is 32.2 Å². The number of likely N-dealkylation sites (N-methyl/N-ethyl adjacent to an activating group) is 1. The maximum Gasteiger partial charge on any atom is 0.267 e. The third kappa shape index (κ3) is 5.38. The van der Waals surface area contributed by atoms with E-state index in [0.717, 1.165) is 0 Å². The smallest absolute Gasteiger partial charge is 0.267 e. The SMILES string of the molecule is CN(C)C1(C(NC(=O)c2ccc(C#CC#CCCO)cc2)C(=O)NO)CS(=O)(=O)C1. The van der Waals surface area contributed by atoms with Gasteiger partial charge in [0.25, 0.3) is 11.8 Å². The van der Waals surface area contributed by atoms with E-state index in [1.54, 1.807) is 31.1 Å². The Bertz CT molecular complexity index is 1010. The fourth-order valence-corrected chi connectivity index (χ4v) is 5.38. The summed E-state index contributed by atoms with van der Waals surface area (Å²) in [6, 6.07) is 4.94. The van der Waals surface area contributed by atoms with Crippen LogP contribution < -0.4 is 10.8 Å². The van der Waals surface area contributed by atoms with E-state index in [0.29, 0.717) is 12.0 Å². The third-order valence-corrected chi connectivity index (χ3v) is 6.64. The lowest BCUT2D eigenvalue weighted by molar-refractivity contribution is -0.134. The molecule has 1 aliphatic rings. The Kier molecular flexibility index (Phi) is 7.59. The van der Waals surface area contributed by atoms with Crippen molar-refractivity contribution in [2.45, 2.75) is 18.0 Å². The zero-order valence-corrected chi connectivity index (χ0v) is 17.4. The quantitative estimate of drug-likeness (QED) is 0.250. The van der Waals surface area contributed by atoms with Crippen LogP contribution in [0.25, 0.3) is 0 Å². The molecular formula is C20H23N3O6S. The lowest BCUT2D eigenvalue weighted by Crippen LogP contribution is -2.76. The highest BCUT2D eigenvalue weighted by molar-refractivity contribution is 7.93. The van der Waals surface area contributed by atoms with Crippen molar-refractivity contribution >= 4 is 21.7 Å². The summed E-state index contributed by atoms with van der Waals surface area (Å²) >= 11 is 0. The second kappa shape index (κ2) is 9.74. The first-order chi connectivity index (χ1) is 14.1. The molecule has 1 aliphatic heterocycles. The molecule has 9 nitrogen and oxygen atoms in total. The molecule has 1 saturated heterocycles. The van der Waals surface area contributed by atoms with Crippen molar-refractivity contribution in [3.05, 3.63) is 35.4 Å². The molecule has 0 bridgehead atoms. The van der Waals surface area contributed by atoms with Gasteiger partial charge in [0, 0.05) is 17.5 Å². The largest absolute Gasteiger partial charge is 0.395 e. The normalized spacial score (nSPS) is 16.7. The van der Waals surface area contributed by atoms with Gasteiger partial charge in [-0.25, -0.2) is 13.9 Å².